The number of carbonyl (C=O) groups is 2. The fraction of sp³-hybridized carbons (Fsp3) is 0.333. The Labute approximate surface area is 146 Å². The summed E-state index contributed by atoms with van der Waals surface area (Å²) in [5.41, 5.74) is 0.398. The topological polar surface area (TPSA) is 67.0 Å². The summed E-state index contributed by atoms with van der Waals surface area (Å²) < 4.78 is 18.6. The molecule has 0 saturated heterocycles. The zero-order valence-electron chi connectivity index (χ0n) is 14.6. The first kappa shape index (κ1) is 18.7. The monoisotopic (exact) mass is 348 g/mol. The number of furan rings is 1. The summed E-state index contributed by atoms with van der Waals surface area (Å²) in [6.07, 6.45) is 0. The van der Waals surface area contributed by atoms with E-state index in [-0.39, 0.29) is 24.9 Å². The van der Waals surface area contributed by atoms with Crippen molar-refractivity contribution in [2.24, 2.45) is 0 Å². The highest BCUT2D eigenvalue weighted by atomic mass is 19.1. The SMILES string of the molecule is Cc1ccc(CN(C)C(=O)C[NH+](C)CC(=O)Nc2cccc(F)c2)o1. The summed E-state index contributed by atoms with van der Waals surface area (Å²) in [7, 11) is 3.45. The van der Waals surface area contributed by atoms with Crippen LogP contribution in [0, 0.1) is 12.7 Å². The van der Waals surface area contributed by atoms with Crippen molar-refractivity contribution in [2.45, 2.75) is 13.5 Å². The lowest BCUT2D eigenvalue weighted by atomic mass is 10.3. The van der Waals surface area contributed by atoms with E-state index >= 15 is 0 Å². The van der Waals surface area contributed by atoms with E-state index in [0.717, 1.165) is 16.4 Å². The Morgan fingerprint density at radius 3 is 2.64 bits per heavy atom. The molecule has 2 amide bonds. The summed E-state index contributed by atoms with van der Waals surface area (Å²) in [6.45, 7) is 2.51. The number of nitrogens with zero attached hydrogens (tertiary/aromatic N) is 1. The molecule has 2 rings (SSSR count). The molecule has 6 nitrogen and oxygen atoms in total. The van der Waals surface area contributed by atoms with Crippen LogP contribution >= 0.6 is 0 Å². The molecular formula is C18H23FN3O3+. The third kappa shape index (κ3) is 6.04. The van der Waals surface area contributed by atoms with Crippen LogP contribution in [0.3, 0.4) is 0 Å². The summed E-state index contributed by atoms with van der Waals surface area (Å²) in [5.74, 6) is 0.733. The van der Waals surface area contributed by atoms with Gasteiger partial charge in [0, 0.05) is 12.7 Å². The van der Waals surface area contributed by atoms with Gasteiger partial charge in [0.25, 0.3) is 11.8 Å². The maximum atomic E-state index is 13.1. The van der Waals surface area contributed by atoms with E-state index < -0.39 is 5.82 Å². The van der Waals surface area contributed by atoms with Gasteiger partial charge in [-0.1, -0.05) is 6.07 Å². The van der Waals surface area contributed by atoms with Crippen molar-refractivity contribution >= 4 is 17.5 Å². The van der Waals surface area contributed by atoms with Gasteiger partial charge in [-0.25, -0.2) is 4.39 Å². The zero-order valence-corrected chi connectivity index (χ0v) is 14.6. The zero-order chi connectivity index (χ0) is 18.4. The number of benzene rings is 1. The van der Waals surface area contributed by atoms with Gasteiger partial charge in [0.05, 0.1) is 13.6 Å². The second-order valence-electron chi connectivity index (χ2n) is 6.13. The van der Waals surface area contributed by atoms with E-state index in [1.807, 2.05) is 19.1 Å². The lowest BCUT2D eigenvalue weighted by molar-refractivity contribution is -0.862. The van der Waals surface area contributed by atoms with Crippen molar-refractivity contribution in [2.75, 3.05) is 32.5 Å². The van der Waals surface area contributed by atoms with E-state index in [9.17, 15) is 14.0 Å². The van der Waals surface area contributed by atoms with E-state index in [1.165, 1.54) is 18.2 Å². The minimum Gasteiger partial charge on any atom is -0.464 e. The number of nitrogens with one attached hydrogen (secondary N) is 2. The summed E-state index contributed by atoms with van der Waals surface area (Å²) in [5, 5.41) is 2.62. The highest BCUT2D eigenvalue weighted by Crippen LogP contribution is 2.09. The molecule has 2 aromatic rings. The van der Waals surface area contributed by atoms with Gasteiger partial charge in [-0.2, -0.15) is 0 Å². The molecule has 0 aliphatic carbocycles. The molecule has 2 N–H and O–H groups in total. The average molecular weight is 348 g/mol. The largest absolute Gasteiger partial charge is 0.464 e. The van der Waals surface area contributed by atoms with Crippen LogP contribution in [0.5, 0.6) is 0 Å². The highest BCUT2D eigenvalue weighted by molar-refractivity contribution is 5.91. The number of halogens is 1. The summed E-state index contributed by atoms with van der Waals surface area (Å²) in [6, 6.07) is 9.38. The molecule has 134 valence electrons. The molecule has 7 heteroatoms. The van der Waals surface area contributed by atoms with Crippen LogP contribution in [0.2, 0.25) is 0 Å². The molecule has 0 fully saturated rings. The fourth-order valence-electron chi connectivity index (χ4n) is 2.39. The Morgan fingerprint density at radius 2 is 2.00 bits per heavy atom. The fourth-order valence-corrected chi connectivity index (χ4v) is 2.39. The molecule has 1 atom stereocenters. The number of carbonyl (C=O) groups excluding carboxylic acids is 2. The summed E-state index contributed by atoms with van der Waals surface area (Å²) >= 11 is 0. The number of hydrogen-bond acceptors (Lipinski definition) is 3. The molecule has 0 radical (unpaired) electrons. The van der Waals surface area contributed by atoms with Gasteiger partial charge in [0.1, 0.15) is 17.3 Å². The average Bonchev–Trinajstić information content (AvgIpc) is 2.91. The number of anilines is 1. The standard InChI is InChI=1S/C18H22FN3O3/c1-13-7-8-16(25-13)10-22(3)18(24)12-21(2)11-17(23)20-15-6-4-5-14(19)9-15/h4-9H,10-12H2,1-3H3,(H,20,23)/p+1. The smallest absolute Gasteiger partial charge is 0.279 e. The van der Waals surface area contributed by atoms with Gasteiger partial charge in [0.2, 0.25) is 0 Å². The minimum atomic E-state index is -0.413. The molecule has 0 aliphatic rings. The second-order valence-corrected chi connectivity index (χ2v) is 6.13. The first-order valence-electron chi connectivity index (χ1n) is 7.99. The van der Waals surface area contributed by atoms with Crippen molar-refractivity contribution in [3.8, 4) is 0 Å². The molecule has 0 saturated carbocycles. The van der Waals surface area contributed by atoms with Crippen molar-refractivity contribution in [3.63, 3.8) is 0 Å². The van der Waals surface area contributed by atoms with Gasteiger partial charge >= 0.3 is 0 Å². The molecule has 1 aromatic carbocycles. The predicted octanol–water partition coefficient (Wildman–Crippen LogP) is 0.839. The Bertz CT molecular complexity index is 745. The molecule has 1 heterocycles. The normalized spacial score (nSPS) is 11.8. The lowest BCUT2D eigenvalue weighted by Crippen LogP contribution is -3.11. The van der Waals surface area contributed by atoms with Crippen LogP contribution in [0.25, 0.3) is 0 Å². The number of hydrogen-bond donors (Lipinski definition) is 2. The van der Waals surface area contributed by atoms with Crippen LogP contribution in [-0.4, -0.2) is 43.9 Å². The molecular weight excluding hydrogens is 325 g/mol. The van der Waals surface area contributed by atoms with Gasteiger partial charge in [-0.15, -0.1) is 0 Å². The van der Waals surface area contributed by atoms with Crippen molar-refractivity contribution in [3.05, 3.63) is 53.7 Å². The molecule has 0 spiro atoms. The van der Waals surface area contributed by atoms with Crippen LogP contribution in [-0.2, 0) is 16.1 Å². The molecule has 0 aliphatic heterocycles. The van der Waals surface area contributed by atoms with Gasteiger partial charge in [-0.05, 0) is 37.3 Å². The first-order valence-corrected chi connectivity index (χ1v) is 7.99. The Hall–Kier alpha value is -2.67. The number of rotatable bonds is 7. The van der Waals surface area contributed by atoms with E-state index in [1.54, 1.807) is 25.1 Å². The second kappa shape index (κ2) is 8.43. The number of quaternary nitrogens is 1. The third-order valence-corrected chi connectivity index (χ3v) is 3.64. The van der Waals surface area contributed by atoms with Gasteiger partial charge < -0.3 is 19.5 Å². The molecule has 25 heavy (non-hydrogen) atoms. The number of likely N-dealkylation sites (N-methyl/N-ethyl adjacent to an activating group) is 2. The van der Waals surface area contributed by atoms with Crippen molar-refractivity contribution in [1.82, 2.24) is 4.90 Å². The van der Waals surface area contributed by atoms with Crippen LogP contribution in [0.1, 0.15) is 11.5 Å². The maximum absolute atomic E-state index is 13.1. The first-order chi connectivity index (χ1) is 11.8. The van der Waals surface area contributed by atoms with Crippen LogP contribution in [0.15, 0.2) is 40.8 Å². The Morgan fingerprint density at radius 1 is 1.24 bits per heavy atom. The highest BCUT2D eigenvalue weighted by Gasteiger charge is 2.18. The Kier molecular flexibility index (Phi) is 6.30. The van der Waals surface area contributed by atoms with E-state index in [2.05, 4.69) is 5.32 Å². The maximum Gasteiger partial charge on any atom is 0.279 e. The van der Waals surface area contributed by atoms with Crippen LogP contribution in [0.4, 0.5) is 10.1 Å². The van der Waals surface area contributed by atoms with E-state index in [4.69, 9.17) is 4.42 Å². The predicted molar refractivity (Wildman–Crippen MR) is 91.6 cm³/mol. The lowest BCUT2D eigenvalue weighted by Gasteiger charge is -2.19. The quantitative estimate of drug-likeness (QED) is 0.779. The molecule has 1 unspecified atom stereocenters. The summed E-state index contributed by atoms with van der Waals surface area (Å²) in [4.78, 5) is 26.5. The number of amides is 2. The van der Waals surface area contributed by atoms with Gasteiger partial charge in [-0.3, -0.25) is 9.59 Å². The van der Waals surface area contributed by atoms with Crippen molar-refractivity contribution in [1.29, 1.82) is 0 Å². The van der Waals surface area contributed by atoms with Crippen LogP contribution < -0.4 is 10.2 Å². The molecule has 0 bridgehead atoms. The van der Waals surface area contributed by atoms with Crippen molar-refractivity contribution < 1.29 is 23.3 Å². The number of aryl methyl sites for hydroxylation is 1. The van der Waals surface area contributed by atoms with E-state index in [0.29, 0.717) is 12.2 Å². The van der Waals surface area contributed by atoms with Gasteiger partial charge in [0.15, 0.2) is 13.1 Å². The molecule has 1 aromatic heterocycles. The minimum absolute atomic E-state index is 0.0925. The Balaban J connectivity index is 1.79. The third-order valence-electron chi connectivity index (χ3n) is 3.64.